The van der Waals surface area contributed by atoms with Crippen molar-refractivity contribution < 1.29 is 9.00 Å². The van der Waals surface area contributed by atoms with Gasteiger partial charge in [-0.3, -0.25) is 9.00 Å². The highest BCUT2D eigenvalue weighted by atomic mass is 35.5. The van der Waals surface area contributed by atoms with Gasteiger partial charge < -0.3 is 11.1 Å². The number of hydrogen-bond donors (Lipinski definition) is 2. The van der Waals surface area contributed by atoms with Crippen LogP contribution in [0.3, 0.4) is 0 Å². The van der Waals surface area contributed by atoms with Gasteiger partial charge in [-0.2, -0.15) is 0 Å². The minimum atomic E-state index is -1.47. The van der Waals surface area contributed by atoms with Crippen LogP contribution in [-0.4, -0.2) is 15.9 Å². The fourth-order valence-corrected chi connectivity index (χ4v) is 3.05. The van der Waals surface area contributed by atoms with Crippen LogP contribution >= 0.6 is 23.2 Å². The molecule has 0 saturated carbocycles. The summed E-state index contributed by atoms with van der Waals surface area (Å²) < 4.78 is 12.1. The third-order valence-corrected chi connectivity index (χ3v) is 4.38. The van der Waals surface area contributed by atoms with E-state index in [4.69, 9.17) is 28.9 Å². The molecule has 0 spiro atoms. The van der Waals surface area contributed by atoms with E-state index in [9.17, 15) is 9.00 Å². The summed E-state index contributed by atoms with van der Waals surface area (Å²) in [5.41, 5.74) is 6.53. The van der Waals surface area contributed by atoms with Crippen molar-refractivity contribution in [3.05, 3.63) is 52.5 Å². The number of anilines is 2. The predicted octanol–water partition coefficient (Wildman–Crippen LogP) is 3.32. The number of carbonyl (C=O) groups excluding carboxylic acids is 1. The summed E-state index contributed by atoms with van der Waals surface area (Å²) in [6.45, 7) is 0. The maximum Gasteiger partial charge on any atom is 0.237 e. The van der Waals surface area contributed by atoms with Gasteiger partial charge in [-0.15, -0.1) is 0 Å². The monoisotopic (exact) mass is 342 g/mol. The lowest BCUT2D eigenvalue weighted by Gasteiger charge is -2.08. The zero-order valence-electron chi connectivity index (χ0n) is 10.8. The van der Waals surface area contributed by atoms with E-state index in [0.29, 0.717) is 26.3 Å². The molecule has 110 valence electrons. The highest BCUT2D eigenvalue weighted by Gasteiger charge is 2.12. The molecule has 2 aromatic carbocycles. The van der Waals surface area contributed by atoms with Crippen molar-refractivity contribution in [1.29, 1.82) is 0 Å². The van der Waals surface area contributed by atoms with E-state index in [2.05, 4.69) is 5.32 Å². The fourth-order valence-electron chi connectivity index (χ4n) is 1.64. The summed E-state index contributed by atoms with van der Waals surface area (Å²) in [6, 6.07) is 11.3. The first-order valence-electron chi connectivity index (χ1n) is 5.94. The SMILES string of the molecule is Nc1cc(Cl)ccc1NC(=O)CS(=O)c1cccc(Cl)c1. The highest BCUT2D eigenvalue weighted by molar-refractivity contribution is 7.85. The van der Waals surface area contributed by atoms with Gasteiger partial charge in [-0.1, -0.05) is 29.3 Å². The highest BCUT2D eigenvalue weighted by Crippen LogP contribution is 2.22. The number of benzene rings is 2. The van der Waals surface area contributed by atoms with E-state index in [1.54, 1.807) is 36.4 Å². The summed E-state index contributed by atoms with van der Waals surface area (Å²) in [5.74, 6) is -0.579. The van der Waals surface area contributed by atoms with Gasteiger partial charge in [0.2, 0.25) is 5.91 Å². The Kier molecular flexibility index (Phi) is 5.22. The molecule has 0 aliphatic rings. The topological polar surface area (TPSA) is 72.2 Å². The average Bonchev–Trinajstić information content (AvgIpc) is 2.42. The lowest BCUT2D eigenvalue weighted by molar-refractivity contribution is -0.113. The van der Waals surface area contributed by atoms with Crippen LogP contribution in [0.5, 0.6) is 0 Å². The molecule has 2 aromatic rings. The lowest BCUT2D eigenvalue weighted by atomic mass is 10.2. The zero-order valence-corrected chi connectivity index (χ0v) is 13.1. The van der Waals surface area contributed by atoms with E-state index in [1.807, 2.05) is 0 Å². The quantitative estimate of drug-likeness (QED) is 0.837. The zero-order chi connectivity index (χ0) is 15.4. The second kappa shape index (κ2) is 6.93. The van der Waals surface area contributed by atoms with Gasteiger partial charge in [0.25, 0.3) is 0 Å². The van der Waals surface area contributed by atoms with E-state index >= 15 is 0 Å². The minimum Gasteiger partial charge on any atom is -0.397 e. The third-order valence-electron chi connectivity index (χ3n) is 2.61. The molecule has 0 aliphatic carbocycles. The molecule has 0 saturated heterocycles. The molecular formula is C14H12Cl2N2O2S. The molecule has 0 radical (unpaired) electrons. The van der Waals surface area contributed by atoms with Crippen molar-refractivity contribution in [3.63, 3.8) is 0 Å². The van der Waals surface area contributed by atoms with Crippen LogP contribution in [0.15, 0.2) is 47.4 Å². The molecule has 0 aromatic heterocycles. The predicted molar refractivity (Wildman–Crippen MR) is 87.2 cm³/mol. The molecule has 1 unspecified atom stereocenters. The number of nitrogens with two attached hydrogens (primary N) is 1. The van der Waals surface area contributed by atoms with Crippen LogP contribution in [0.4, 0.5) is 11.4 Å². The lowest BCUT2D eigenvalue weighted by Crippen LogP contribution is -2.20. The number of halogens is 2. The normalized spacial score (nSPS) is 11.9. The van der Waals surface area contributed by atoms with Crippen molar-refractivity contribution >= 4 is 51.3 Å². The molecule has 0 aliphatic heterocycles. The maximum absolute atomic E-state index is 12.1. The smallest absolute Gasteiger partial charge is 0.237 e. The Morgan fingerprint density at radius 3 is 2.52 bits per heavy atom. The van der Waals surface area contributed by atoms with Crippen LogP contribution < -0.4 is 11.1 Å². The van der Waals surface area contributed by atoms with E-state index in [0.717, 1.165) is 0 Å². The first-order valence-corrected chi connectivity index (χ1v) is 8.02. The average molecular weight is 343 g/mol. The van der Waals surface area contributed by atoms with Crippen molar-refractivity contribution in [1.82, 2.24) is 0 Å². The summed E-state index contributed by atoms with van der Waals surface area (Å²) in [6.07, 6.45) is 0. The van der Waals surface area contributed by atoms with Gasteiger partial charge in [-0.05, 0) is 36.4 Å². The molecule has 1 atom stereocenters. The minimum absolute atomic E-state index is 0.178. The molecule has 0 bridgehead atoms. The Balaban J connectivity index is 2.03. The molecule has 2 rings (SSSR count). The van der Waals surface area contributed by atoms with Crippen molar-refractivity contribution in [2.24, 2.45) is 0 Å². The Bertz CT molecular complexity index is 707. The molecule has 3 N–H and O–H groups in total. The number of carbonyl (C=O) groups is 1. The molecule has 7 heteroatoms. The van der Waals surface area contributed by atoms with E-state index in [1.165, 1.54) is 6.07 Å². The molecule has 21 heavy (non-hydrogen) atoms. The van der Waals surface area contributed by atoms with Gasteiger partial charge in [-0.25, -0.2) is 0 Å². The van der Waals surface area contributed by atoms with Gasteiger partial charge >= 0.3 is 0 Å². The maximum atomic E-state index is 12.1. The van der Waals surface area contributed by atoms with Gasteiger partial charge in [0.05, 0.1) is 22.2 Å². The standard InChI is InChI=1S/C14H12Cl2N2O2S/c15-9-2-1-3-11(6-9)21(20)8-14(19)18-13-5-4-10(16)7-12(13)17/h1-7H,8,17H2,(H,18,19). The van der Waals surface area contributed by atoms with Crippen molar-refractivity contribution in [3.8, 4) is 0 Å². The van der Waals surface area contributed by atoms with Crippen molar-refractivity contribution in [2.75, 3.05) is 16.8 Å². The second-order valence-corrected chi connectivity index (χ2v) is 6.55. The number of amides is 1. The van der Waals surface area contributed by atoms with Crippen LogP contribution in [0.25, 0.3) is 0 Å². The van der Waals surface area contributed by atoms with Gasteiger partial charge in [0.1, 0.15) is 5.75 Å². The molecular weight excluding hydrogens is 331 g/mol. The summed E-state index contributed by atoms with van der Waals surface area (Å²) in [4.78, 5) is 12.4. The Labute approximate surface area is 134 Å². The van der Waals surface area contributed by atoms with Gasteiger partial charge in [0.15, 0.2) is 0 Å². The summed E-state index contributed by atoms with van der Waals surface area (Å²) >= 11 is 11.6. The number of rotatable bonds is 4. The van der Waals surface area contributed by atoms with E-state index in [-0.39, 0.29) is 5.75 Å². The molecule has 0 fully saturated rings. The first kappa shape index (κ1) is 15.8. The molecule has 4 nitrogen and oxygen atoms in total. The van der Waals surface area contributed by atoms with Crippen LogP contribution in [0.2, 0.25) is 10.0 Å². The van der Waals surface area contributed by atoms with Crippen molar-refractivity contribution in [2.45, 2.75) is 4.90 Å². The molecule has 1 amide bonds. The Morgan fingerprint density at radius 1 is 1.14 bits per heavy atom. The first-order chi connectivity index (χ1) is 9.95. The largest absolute Gasteiger partial charge is 0.397 e. The summed E-state index contributed by atoms with van der Waals surface area (Å²) in [7, 11) is -1.47. The molecule has 0 heterocycles. The second-order valence-electron chi connectivity index (χ2n) is 4.23. The number of nitrogens with one attached hydrogen (secondary N) is 1. The van der Waals surface area contributed by atoms with E-state index < -0.39 is 16.7 Å². The number of hydrogen-bond acceptors (Lipinski definition) is 3. The van der Waals surface area contributed by atoms with Crippen LogP contribution in [0.1, 0.15) is 0 Å². The van der Waals surface area contributed by atoms with Gasteiger partial charge in [0, 0.05) is 14.9 Å². The summed E-state index contributed by atoms with van der Waals surface area (Å²) in [5, 5.41) is 3.56. The Hall–Kier alpha value is -1.56. The van der Waals surface area contributed by atoms with Crippen LogP contribution in [-0.2, 0) is 15.6 Å². The Morgan fingerprint density at radius 2 is 1.86 bits per heavy atom. The fraction of sp³-hybridized carbons (Fsp3) is 0.0714. The number of nitrogen functional groups attached to an aromatic ring is 1. The van der Waals surface area contributed by atoms with Crippen LogP contribution in [0, 0.1) is 0 Å². The third kappa shape index (κ3) is 4.46.